The molecule has 19 heavy (non-hydrogen) atoms. The molecule has 0 fully saturated rings. The Morgan fingerprint density at radius 2 is 1.74 bits per heavy atom. The van der Waals surface area contributed by atoms with Crippen LogP contribution >= 0.6 is 0 Å². The van der Waals surface area contributed by atoms with Gasteiger partial charge in [0.05, 0.1) is 0 Å². The summed E-state index contributed by atoms with van der Waals surface area (Å²) in [5.41, 5.74) is 2.54. The lowest BCUT2D eigenvalue weighted by Crippen LogP contribution is -2.40. The molecule has 0 saturated heterocycles. The van der Waals surface area contributed by atoms with E-state index in [9.17, 15) is 4.79 Å². The van der Waals surface area contributed by atoms with Gasteiger partial charge in [-0.25, -0.2) is 0 Å². The van der Waals surface area contributed by atoms with Crippen LogP contribution in [0.1, 0.15) is 45.7 Å². The van der Waals surface area contributed by atoms with Crippen molar-refractivity contribution in [1.82, 2.24) is 5.32 Å². The van der Waals surface area contributed by atoms with Crippen LogP contribution < -0.4 is 5.32 Å². The van der Waals surface area contributed by atoms with E-state index >= 15 is 0 Å². The maximum Gasteiger partial charge on any atom is 0.320 e. The zero-order valence-electron chi connectivity index (χ0n) is 12.5. The summed E-state index contributed by atoms with van der Waals surface area (Å²) in [5.74, 6) is -0.715. The Morgan fingerprint density at radius 1 is 1.21 bits per heavy atom. The number of rotatable bonds is 5. The van der Waals surface area contributed by atoms with E-state index in [-0.39, 0.29) is 11.3 Å². The molecule has 0 bridgehead atoms. The van der Waals surface area contributed by atoms with Gasteiger partial charge < -0.3 is 10.4 Å². The van der Waals surface area contributed by atoms with Crippen LogP contribution in [0.25, 0.3) is 0 Å². The highest BCUT2D eigenvalue weighted by atomic mass is 16.4. The maximum atomic E-state index is 11.1. The van der Waals surface area contributed by atoms with Gasteiger partial charge in [0.2, 0.25) is 0 Å². The fourth-order valence-electron chi connectivity index (χ4n) is 1.96. The van der Waals surface area contributed by atoms with E-state index in [2.05, 4.69) is 50.4 Å². The highest BCUT2D eigenvalue weighted by Crippen LogP contribution is 2.22. The molecule has 0 heterocycles. The van der Waals surface area contributed by atoms with Crippen LogP contribution in [0.15, 0.2) is 24.3 Å². The molecule has 1 aromatic carbocycles. The lowest BCUT2D eigenvalue weighted by Gasteiger charge is -2.20. The average Bonchev–Trinajstić information content (AvgIpc) is 2.27. The Balaban J connectivity index is 2.66. The van der Waals surface area contributed by atoms with Gasteiger partial charge in [-0.2, -0.15) is 0 Å². The number of hydrogen-bond acceptors (Lipinski definition) is 2. The van der Waals surface area contributed by atoms with Gasteiger partial charge in [-0.3, -0.25) is 4.79 Å². The first-order valence-electron chi connectivity index (χ1n) is 6.77. The summed E-state index contributed by atoms with van der Waals surface area (Å²) >= 11 is 0. The summed E-state index contributed by atoms with van der Waals surface area (Å²) < 4.78 is 0. The van der Waals surface area contributed by atoms with Gasteiger partial charge in [-0.15, -0.1) is 0 Å². The molecular formula is C16H25NO2. The lowest BCUT2D eigenvalue weighted by molar-refractivity contribution is -0.140. The summed E-state index contributed by atoms with van der Waals surface area (Å²) in [6, 6.07) is 7.85. The summed E-state index contributed by atoms with van der Waals surface area (Å²) in [4.78, 5) is 11.1. The Hall–Kier alpha value is -1.35. The number of carboxylic acid groups (broad SMARTS) is 1. The Bertz CT molecular complexity index is 415. The van der Waals surface area contributed by atoms with E-state index in [1.54, 1.807) is 0 Å². The second kappa shape index (κ2) is 6.20. The highest BCUT2D eigenvalue weighted by molar-refractivity contribution is 5.73. The highest BCUT2D eigenvalue weighted by Gasteiger charge is 2.20. The van der Waals surface area contributed by atoms with Gasteiger partial charge >= 0.3 is 5.97 Å². The van der Waals surface area contributed by atoms with Crippen molar-refractivity contribution in [2.45, 2.75) is 52.6 Å². The van der Waals surface area contributed by atoms with E-state index in [0.717, 1.165) is 5.56 Å². The summed E-state index contributed by atoms with van der Waals surface area (Å²) in [6.45, 7) is 10.9. The average molecular weight is 263 g/mol. The van der Waals surface area contributed by atoms with Gasteiger partial charge in [0.15, 0.2) is 0 Å². The number of carboxylic acids is 1. The molecule has 1 atom stereocenters. The van der Waals surface area contributed by atoms with Crippen LogP contribution in [0.4, 0.5) is 0 Å². The molecule has 0 amide bonds. The Labute approximate surface area is 116 Å². The molecule has 106 valence electrons. The van der Waals surface area contributed by atoms with Gasteiger partial charge in [0.25, 0.3) is 0 Å². The van der Waals surface area contributed by atoms with E-state index < -0.39 is 12.0 Å². The van der Waals surface area contributed by atoms with E-state index in [4.69, 9.17) is 5.11 Å². The second-order valence-electron chi connectivity index (χ2n) is 6.39. The molecule has 0 unspecified atom stereocenters. The fraction of sp³-hybridized carbons (Fsp3) is 0.562. The quantitative estimate of drug-likeness (QED) is 0.857. The van der Waals surface area contributed by atoms with Gasteiger partial charge in [0, 0.05) is 6.54 Å². The van der Waals surface area contributed by atoms with Crippen molar-refractivity contribution in [1.29, 1.82) is 0 Å². The van der Waals surface area contributed by atoms with Crippen molar-refractivity contribution < 1.29 is 9.90 Å². The molecular weight excluding hydrogens is 238 g/mol. The van der Waals surface area contributed by atoms with Crippen molar-refractivity contribution in [2.24, 2.45) is 5.92 Å². The van der Waals surface area contributed by atoms with Crippen LogP contribution in [0.2, 0.25) is 0 Å². The van der Waals surface area contributed by atoms with E-state index in [1.165, 1.54) is 5.56 Å². The predicted octanol–water partition coefficient (Wildman–Crippen LogP) is 3.18. The van der Waals surface area contributed by atoms with Crippen molar-refractivity contribution in [2.75, 3.05) is 0 Å². The van der Waals surface area contributed by atoms with Crippen LogP contribution in [-0.2, 0) is 16.8 Å². The number of hydrogen-bond donors (Lipinski definition) is 2. The third kappa shape index (κ3) is 4.67. The molecule has 2 N–H and O–H groups in total. The van der Waals surface area contributed by atoms with Crippen molar-refractivity contribution in [3.8, 4) is 0 Å². The van der Waals surface area contributed by atoms with Crippen molar-refractivity contribution in [3.05, 3.63) is 35.4 Å². The standard InChI is InChI=1S/C16H25NO2/c1-11(2)14(15(18)19)17-10-12-6-8-13(9-7-12)16(3,4)5/h6-9,11,14,17H,10H2,1-5H3,(H,18,19)/t14-/m1/s1. The third-order valence-electron chi connectivity index (χ3n) is 3.28. The topological polar surface area (TPSA) is 49.3 Å². The van der Waals surface area contributed by atoms with Gasteiger partial charge in [-0.05, 0) is 22.5 Å². The largest absolute Gasteiger partial charge is 0.480 e. The lowest BCUT2D eigenvalue weighted by atomic mass is 9.87. The fourth-order valence-corrected chi connectivity index (χ4v) is 1.96. The van der Waals surface area contributed by atoms with Crippen molar-refractivity contribution >= 4 is 5.97 Å². The van der Waals surface area contributed by atoms with Gasteiger partial charge in [0.1, 0.15) is 6.04 Å². The zero-order chi connectivity index (χ0) is 14.6. The van der Waals surface area contributed by atoms with Crippen LogP contribution in [0, 0.1) is 5.92 Å². The predicted molar refractivity (Wildman–Crippen MR) is 78.2 cm³/mol. The molecule has 1 rings (SSSR count). The molecule has 1 aromatic rings. The zero-order valence-corrected chi connectivity index (χ0v) is 12.5. The van der Waals surface area contributed by atoms with E-state index in [0.29, 0.717) is 6.54 Å². The summed E-state index contributed by atoms with van der Waals surface area (Å²) in [6.07, 6.45) is 0. The third-order valence-corrected chi connectivity index (χ3v) is 3.28. The van der Waals surface area contributed by atoms with Gasteiger partial charge in [-0.1, -0.05) is 58.9 Å². The molecule has 0 saturated carbocycles. The number of benzene rings is 1. The van der Waals surface area contributed by atoms with E-state index in [1.807, 2.05) is 13.8 Å². The van der Waals surface area contributed by atoms with Crippen LogP contribution in [0.5, 0.6) is 0 Å². The van der Waals surface area contributed by atoms with Crippen LogP contribution in [-0.4, -0.2) is 17.1 Å². The molecule has 3 nitrogen and oxygen atoms in total. The first-order valence-corrected chi connectivity index (χ1v) is 6.77. The monoisotopic (exact) mass is 263 g/mol. The number of nitrogens with one attached hydrogen (secondary N) is 1. The molecule has 0 aliphatic carbocycles. The minimum atomic E-state index is -0.790. The Morgan fingerprint density at radius 3 is 2.11 bits per heavy atom. The maximum absolute atomic E-state index is 11.1. The second-order valence-corrected chi connectivity index (χ2v) is 6.39. The molecule has 0 aliphatic heterocycles. The minimum absolute atomic E-state index is 0.0753. The minimum Gasteiger partial charge on any atom is -0.480 e. The smallest absolute Gasteiger partial charge is 0.320 e. The summed E-state index contributed by atoms with van der Waals surface area (Å²) in [5, 5.41) is 12.2. The molecule has 0 aromatic heterocycles. The molecule has 3 heteroatoms. The van der Waals surface area contributed by atoms with Crippen LogP contribution in [0.3, 0.4) is 0 Å². The Kier molecular flexibility index (Phi) is 5.12. The molecule has 0 radical (unpaired) electrons. The number of aliphatic carboxylic acids is 1. The molecule has 0 aliphatic rings. The summed E-state index contributed by atoms with van der Waals surface area (Å²) in [7, 11) is 0. The number of carbonyl (C=O) groups is 1. The molecule has 0 spiro atoms. The SMILES string of the molecule is CC(C)[C@@H](NCc1ccc(C(C)(C)C)cc1)C(=O)O. The normalized spacial score (nSPS) is 13.6. The first-order chi connectivity index (χ1) is 8.71. The van der Waals surface area contributed by atoms with Crippen molar-refractivity contribution in [3.63, 3.8) is 0 Å². The first kappa shape index (κ1) is 15.7.